The largest absolute Gasteiger partial charge is 0.506 e. The van der Waals surface area contributed by atoms with Crippen molar-refractivity contribution in [1.82, 2.24) is 0 Å². The summed E-state index contributed by atoms with van der Waals surface area (Å²) in [7, 11) is 0. The second-order valence-corrected chi connectivity index (χ2v) is 5.67. The average Bonchev–Trinajstić information content (AvgIpc) is 2.50. The minimum absolute atomic E-state index is 0.112. The lowest BCUT2D eigenvalue weighted by atomic mass is 9.78. The number of benzene rings is 2. The predicted octanol–water partition coefficient (Wildman–Crippen LogP) is 3.95. The van der Waals surface area contributed by atoms with Crippen molar-refractivity contribution in [3.05, 3.63) is 47.5 Å². The van der Waals surface area contributed by atoms with E-state index in [0.717, 1.165) is 24.0 Å². The van der Waals surface area contributed by atoms with E-state index in [1.165, 1.54) is 0 Å². The molecule has 0 heterocycles. The van der Waals surface area contributed by atoms with Gasteiger partial charge in [0.15, 0.2) is 0 Å². The van der Waals surface area contributed by atoms with Crippen LogP contribution in [0.4, 0.5) is 11.4 Å². The van der Waals surface area contributed by atoms with E-state index in [0.29, 0.717) is 11.4 Å². The number of phenols is 2. The molecule has 2 atom stereocenters. The fraction of sp³-hybridized carbons (Fsp3) is 0.333. The van der Waals surface area contributed by atoms with Crippen LogP contribution in [0, 0.1) is 0 Å². The summed E-state index contributed by atoms with van der Waals surface area (Å²) in [5.74, 6) is 0.773. The van der Waals surface area contributed by atoms with Crippen LogP contribution >= 0.6 is 0 Å². The topological polar surface area (TPSA) is 92.5 Å². The first kappa shape index (κ1) is 16.0. The average molecular weight is 300 g/mol. The van der Waals surface area contributed by atoms with Crippen molar-refractivity contribution in [2.24, 2.45) is 0 Å². The highest BCUT2D eigenvalue weighted by Crippen LogP contribution is 2.40. The summed E-state index contributed by atoms with van der Waals surface area (Å²) in [5, 5.41) is 19.2. The van der Waals surface area contributed by atoms with Gasteiger partial charge in [0.25, 0.3) is 0 Å². The van der Waals surface area contributed by atoms with E-state index in [1.807, 2.05) is 24.3 Å². The second kappa shape index (κ2) is 6.60. The van der Waals surface area contributed by atoms with E-state index in [4.69, 9.17) is 11.5 Å². The van der Waals surface area contributed by atoms with Crippen LogP contribution in [0.25, 0.3) is 0 Å². The number of hydrogen-bond donors (Lipinski definition) is 4. The molecule has 4 heteroatoms. The highest BCUT2D eigenvalue weighted by Gasteiger charge is 2.23. The number of rotatable bonds is 5. The molecule has 0 saturated carbocycles. The van der Waals surface area contributed by atoms with Crippen LogP contribution in [0.1, 0.15) is 49.7 Å². The molecule has 2 aromatic carbocycles. The lowest BCUT2D eigenvalue weighted by Gasteiger charge is -2.27. The van der Waals surface area contributed by atoms with Gasteiger partial charge in [0, 0.05) is 0 Å². The summed E-state index contributed by atoms with van der Waals surface area (Å²) in [6, 6.07) is 10.8. The highest BCUT2D eigenvalue weighted by atomic mass is 16.3. The zero-order valence-corrected chi connectivity index (χ0v) is 13.1. The molecule has 2 aromatic rings. The zero-order valence-electron chi connectivity index (χ0n) is 13.1. The summed E-state index contributed by atoms with van der Waals surface area (Å²) in [5.41, 5.74) is 14.7. The van der Waals surface area contributed by atoms with Crippen LogP contribution < -0.4 is 11.5 Å². The fourth-order valence-electron chi connectivity index (χ4n) is 3.11. The van der Waals surface area contributed by atoms with E-state index in [9.17, 15) is 10.2 Å². The molecule has 22 heavy (non-hydrogen) atoms. The van der Waals surface area contributed by atoms with Crippen LogP contribution in [-0.4, -0.2) is 10.2 Å². The molecule has 6 N–H and O–H groups in total. The maximum atomic E-state index is 9.61. The predicted molar refractivity (Wildman–Crippen MR) is 91.1 cm³/mol. The summed E-state index contributed by atoms with van der Waals surface area (Å²) in [4.78, 5) is 0. The summed E-state index contributed by atoms with van der Waals surface area (Å²) < 4.78 is 0. The molecule has 0 unspecified atom stereocenters. The molecule has 0 aliphatic carbocycles. The number of nitrogens with two attached hydrogens (primary N) is 2. The molecule has 4 nitrogen and oxygen atoms in total. The highest BCUT2D eigenvalue weighted by molar-refractivity contribution is 5.56. The molecule has 118 valence electrons. The quantitative estimate of drug-likeness (QED) is 0.497. The molecule has 0 saturated heterocycles. The van der Waals surface area contributed by atoms with E-state index in [2.05, 4.69) is 13.8 Å². The Bertz CT molecular complexity index is 598. The Morgan fingerprint density at radius 2 is 1.14 bits per heavy atom. The van der Waals surface area contributed by atoms with Crippen molar-refractivity contribution < 1.29 is 10.2 Å². The number of phenolic OH excluding ortho intramolecular Hbond substituents is 2. The van der Waals surface area contributed by atoms with Crippen molar-refractivity contribution in [2.75, 3.05) is 11.5 Å². The van der Waals surface area contributed by atoms with Gasteiger partial charge in [-0.15, -0.1) is 0 Å². The van der Waals surface area contributed by atoms with E-state index < -0.39 is 0 Å². The van der Waals surface area contributed by atoms with Crippen LogP contribution in [0.15, 0.2) is 36.4 Å². The SMILES string of the molecule is CC[C@H](c1ccc(O)c(N)c1)[C@@H](CC)c1ccc(O)c(N)c1. The Hall–Kier alpha value is -2.36. The van der Waals surface area contributed by atoms with Gasteiger partial charge < -0.3 is 21.7 Å². The lowest BCUT2D eigenvalue weighted by molar-refractivity contribution is 0.473. The van der Waals surface area contributed by atoms with Crippen LogP contribution in [0.5, 0.6) is 11.5 Å². The van der Waals surface area contributed by atoms with Gasteiger partial charge in [-0.3, -0.25) is 0 Å². The van der Waals surface area contributed by atoms with Gasteiger partial charge in [-0.1, -0.05) is 26.0 Å². The Morgan fingerprint density at radius 1 is 0.773 bits per heavy atom. The maximum absolute atomic E-state index is 9.61. The third-order valence-corrected chi connectivity index (χ3v) is 4.32. The molecule has 0 aliphatic heterocycles. The van der Waals surface area contributed by atoms with Gasteiger partial charge in [-0.2, -0.15) is 0 Å². The first-order valence-electron chi connectivity index (χ1n) is 7.64. The monoisotopic (exact) mass is 300 g/mol. The van der Waals surface area contributed by atoms with E-state index >= 15 is 0 Å². The van der Waals surface area contributed by atoms with E-state index in [-0.39, 0.29) is 23.3 Å². The maximum Gasteiger partial charge on any atom is 0.138 e. The number of hydrogen-bond acceptors (Lipinski definition) is 4. The molecule has 0 aromatic heterocycles. The number of anilines is 2. The Morgan fingerprint density at radius 3 is 1.41 bits per heavy atom. The van der Waals surface area contributed by atoms with Gasteiger partial charge in [0.1, 0.15) is 11.5 Å². The van der Waals surface area contributed by atoms with Gasteiger partial charge >= 0.3 is 0 Å². The molecular formula is C18H24N2O2. The number of aromatic hydroxyl groups is 2. The second-order valence-electron chi connectivity index (χ2n) is 5.67. The van der Waals surface area contributed by atoms with Crippen molar-refractivity contribution in [3.8, 4) is 11.5 Å². The zero-order chi connectivity index (χ0) is 16.3. The van der Waals surface area contributed by atoms with Gasteiger partial charge in [-0.25, -0.2) is 0 Å². The van der Waals surface area contributed by atoms with Crippen molar-refractivity contribution in [1.29, 1.82) is 0 Å². The van der Waals surface area contributed by atoms with E-state index in [1.54, 1.807) is 12.1 Å². The molecule has 0 bridgehead atoms. The molecule has 0 radical (unpaired) electrons. The summed E-state index contributed by atoms with van der Waals surface area (Å²) >= 11 is 0. The number of nitrogen functional groups attached to an aromatic ring is 2. The third-order valence-electron chi connectivity index (χ3n) is 4.32. The van der Waals surface area contributed by atoms with Crippen LogP contribution in [-0.2, 0) is 0 Å². The minimum atomic E-state index is 0.112. The Balaban J connectivity index is 2.41. The summed E-state index contributed by atoms with van der Waals surface area (Å²) in [6.07, 6.45) is 1.90. The van der Waals surface area contributed by atoms with Crippen LogP contribution in [0.2, 0.25) is 0 Å². The van der Waals surface area contributed by atoms with Gasteiger partial charge in [-0.05, 0) is 60.1 Å². The lowest BCUT2D eigenvalue weighted by Crippen LogP contribution is -2.11. The molecule has 0 fully saturated rings. The molecule has 0 aliphatic rings. The molecule has 0 amide bonds. The molecule has 2 rings (SSSR count). The Labute approximate surface area is 131 Å². The smallest absolute Gasteiger partial charge is 0.138 e. The third kappa shape index (κ3) is 3.11. The summed E-state index contributed by atoms with van der Waals surface area (Å²) in [6.45, 7) is 4.28. The molecule has 0 spiro atoms. The Kier molecular flexibility index (Phi) is 4.81. The van der Waals surface area contributed by atoms with Crippen LogP contribution in [0.3, 0.4) is 0 Å². The first-order chi connectivity index (χ1) is 10.5. The van der Waals surface area contributed by atoms with Crippen molar-refractivity contribution in [3.63, 3.8) is 0 Å². The molecular weight excluding hydrogens is 276 g/mol. The van der Waals surface area contributed by atoms with Crippen molar-refractivity contribution >= 4 is 11.4 Å². The minimum Gasteiger partial charge on any atom is -0.506 e. The van der Waals surface area contributed by atoms with Gasteiger partial charge in [0.2, 0.25) is 0 Å². The first-order valence-corrected chi connectivity index (χ1v) is 7.64. The fourth-order valence-corrected chi connectivity index (χ4v) is 3.11. The normalized spacial score (nSPS) is 13.7. The standard InChI is InChI=1S/C18H24N2O2/c1-3-13(11-5-7-17(21)15(19)9-11)14(4-2)12-6-8-18(22)16(20)10-12/h5-10,13-14,21-22H,3-4,19-20H2,1-2H3/t13-,14+. The van der Waals surface area contributed by atoms with Gasteiger partial charge in [0.05, 0.1) is 11.4 Å². The van der Waals surface area contributed by atoms with Crippen molar-refractivity contribution in [2.45, 2.75) is 38.5 Å².